The van der Waals surface area contributed by atoms with E-state index in [-0.39, 0.29) is 6.54 Å². The molecule has 0 heterocycles. The van der Waals surface area contributed by atoms with Crippen LogP contribution in [0, 0.1) is 13.8 Å². The Bertz CT molecular complexity index is 1050. The molecule has 2 unspecified atom stereocenters. The molecule has 2 aromatic rings. The molecule has 0 aliphatic carbocycles. The molecule has 2 atom stereocenters. The van der Waals surface area contributed by atoms with Gasteiger partial charge in [-0.15, -0.1) is 0 Å². The fourth-order valence-corrected chi connectivity index (χ4v) is 3.92. The largest absolute Gasteiger partial charge is 0.444 e. The number of aliphatic hydroxyl groups excluding tert-OH is 1. The molecule has 3 amide bonds. The summed E-state index contributed by atoms with van der Waals surface area (Å²) in [6.45, 7) is 10.2. The van der Waals surface area contributed by atoms with Gasteiger partial charge in [-0.1, -0.05) is 60.5 Å². The molecule has 0 aromatic heterocycles. The van der Waals surface area contributed by atoms with E-state index in [9.17, 15) is 19.5 Å². The molecule has 8 nitrogen and oxygen atoms in total. The fourth-order valence-electron chi connectivity index (χ4n) is 3.65. The first-order valence-corrected chi connectivity index (χ1v) is 12.3. The van der Waals surface area contributed by atoms with Crippen molar-refractivity contribution in [2.24, 2.45) is 0 Å². The van der Waals surface area contributed by atoms with E-state index in [1.165, 1.54) is 4.90 Å². The first-order valence-electron chi connectivity index (χ1n) is 11.9. The quantitative estimate of drug-likeness (QED) is 0.444. The number of hydrogen-bond acceptors (Lipinski definition) is 5. The van der Waals surface area contributed by atoms with Crippen molar-refractivity contribution in [3.8, 4) is 0 Å². The predicted octanol–water partition coefficient (Wildman–Crippen LogP) is 4.76. The molecule has 9 heteroatoms. The number of aliphatic hydroxyl groups is 1. The lowest BCUT2D eigenvalue weighted by Gasteiger charge is -2.34. The number of halogens is 1. The first-order chi connectivity index (χ1) is 16.9. The second-order valence-corrected chi connectivity index (χ2v) is 10.1. The summed E-state index contributed by atoms with van der Waals surface area (Å²) in [5.41, 5.74) is 2.02. The third-order valence-electron chi connectivity index (χ3n) is 5.34. The number of aryl methyl sites for hydroxylation is 2. The van der Waals surface area contributed by atoms with Gasteiger partial charge in [0.05, 0.1) is 17.3 Å². The summed E-state index contributed by atoms with van der Waals surface area (Å²) in [6.07, 6.45) is -0.300. The van der Waals surface area contributed by atoms with Crippen molar-refractivity contribution in [3.05, 3.63) is 64.2 Å². The van der Waals surface area contributed by atoms with Crippen molar-refractivity contribution in [1.82, 2.24) is 10.2 Å². The molecular formula is C27H36ClN3O5. The lowest BCUT2D eigenvalue weighted by atomic mass is 10.0. The summed E-state index contributed by atoms with van der Waals surface area (Å²) in [5.74, 6) is -1.08. The van der Waals surface area contributed by atoms with Crippen LogP contribution in [0.3, 0.4) is 0 Å². The predicted molar refractivity (Wildman–Crippen MR) is 141 cm³/mol. The molecule has 0 saturated carbocycles. The Morgan fingerprint density at radius 3 is 2.25 bits per heavy atom. The zero-order chi connectivity index (χ0) is 27.0. The number of nitrogens with one attached hydrogen (secondary N) is 2. The molecular weight excluding hydrogens is 482 g/mol. The summed E-state index contributed by atoms with van der Waals surface area (Å²) in [4.78, 5) is 41.0. The minimum atomic E-state index is -1.30. The van der Waals surface area contributed by atoms with Gasteiger partial charge in [-0.25, -0.2) is 4.79 Å². The van der Waals surface area contributed by atoms with Crippen LogP contribution < -0.4 is 10.6 Å². The van der Waals surface area contributed by atoms with E-state index in [0.717, 1.165) is 11.1 Å². The highest BCUT2D eigenvalue weighted by Gasteiger charge is 2.36. The maximum absolute atomic E-state index is 13.7. The van der Waals surface area contributed by atoms with Crippen LogP contribution in [0.1, 0.15) is 56.8 Å². The van der Waals surface area contributed by atoms with Crippen LogP contribution in [0.4, 0.5) is 10.5 Å². The summed E-state index contributed by atoms with van der Waals surface area (Å²) in [6, 6.07) is 10.2. The summed E-state index contributed by atoms with van der Waals surface area (Å²) in [5, 5.41) is 15.6. The van der Waals surface area contributed by atoms with Crippen molar-refractivity contribution in [3.63, 3.8) is 0 Å². The smallest absolute Gasteiger partial charge is 0.408 e. The molecule has 2 aromatic carbocycles. The highest BCUT2D eigenvalue weighted by Crippen LogP contribution is 2.29. The topological polar surface area (TPSA) is 108 Å². The Kier molecular flexibility index (Phi) is 10.3. The molecule has 0 saturated heterocycles. The van der Waals surface area contributed by atoms with Gasteiger partial charge in [-0.05, 0) is 58.2 Å². The van der Waals surface area contributed by atoms with Gasteiger partial charge in [0.15, 0.2) is 0 Å². The van der Waals surface area contributed by atoms with Crippen LogP contribution in [0.5, 0.6) is 0 Å². The number of anilines is 1. The second kappa shape index (κ2) is 12.7. The average Bonchev–Trinajstić information content (AvgIpc) is 2.79. The number of alkyl carbamates (subject to hydrolysis) is 1. The summed E-state index contributed by atoms with van der Waals surface area (Å²) in [7, 11) is 0. The zero-order valence-electron chi connectivity index (χ0n) is 21.7. The minimum absolute atomic E-state index is 0.207. The number of ether oxygens (including phenoxy) is 1. The molecule has 0 fully saturated rings. The normalized spacial score (nSPS) is 12.9. The van der Waals surface area contributed by atoms with E-state index in [2.05, 4.69) is 10.6 Å². The summed E-state index contributed by atoms with van der Waals surface area (Å²) >= 11 is 6.34. The van der Waals surface area contributed by atoms with Gasteiger partial charge in [-0.2, -0.15) is 0 Å². The monoisotopic (exact) mass is 517 g/mol. The molecule has 196 valence electrons. The number of hydrogen-bond donors (Lipinski definition) is 3. The van der Waals surface area contributed by atoms with Crippen molar-refractivity contribution in [2.45, 2.75) is 65.6 Å². The van der Waals surface area contributed by atoms with Crippen molar-refractivity contribution in [1.29, 1.82) is 0 Å². The van der Waals surface area contributed by atoms with Crippen LogP contribution in [0.25, 0.3) is 0 Å². The molecule has 36 heavy (non-hydrogen) atoms. The van der Waals surface area contributed by atoms with Crippen LogP contribution >= 0.6 is 11.6 Å². The maximum atomic E-state index is 13.7. The highest BCUT2D eigenvalue weighted by atomic mass is 35.5. The SMILES string of the molecule is CCCN(C(=O)C(CO)NC(=O)OC(C)(C)C)C(C(=O)Nc1c(C)cccc1Cl)c1ccc(C)cc1. The third-order valence-corrected chi connectivity index (χ3v) is 5.66. The number of nitrogens with zero attached hydrogens (tertiary/aromatic N) is 1. The van der Waals surface area contributed by atoms with Crippen molar-refractivity contribution in [2.75, 3.05) is 18.5 Å². The van der Waals surface area contributed by atoms with Gasteiger partial charge in [0.1, 0.15) is 17.7 Å². The number of benzene rings is 2. The van der Waals surface area contributed by atoms with E-state index in [4.69, 9.17) is 16.3 Å². The fraction of sp³-hybridized carbons (Fsp3) is 0.444. The molecule has 0 bridgehead atoms. The lowest BCUT2D eigenvalue weighted by molar-refractivity contribution is -0.141. The van der Waals surface area contributed by atoms with Crippen LogP contribution in [0.15, 0.2) is 42.5 Å². The van der Waals surface area contributed by atoms with Gasteiger partial charge < -0.3 is 25.4 Å². The van der Waals surface area contributed by atoms with E-state index in [1.807, 2.05) is 39.0 Å². The van der Waals surface area contributed by atoms with Crippen LogP contribution in [-0.4, -0.2) is 52.7 Å². The van der Waals surface area contributed by atoms with Crippen LogP contribution in [-0.2, 0) is 14.3 Å². The maximum Gasteiger partial charge on any atom is 0.408 e. The zero-order valence-corrected chi connectivity index (χ0v) is 22.5. The first kappa shape index (κ1) is 29.1. The Morgan fingerprint density at radius 2 is 1.72 bits per heavy atom. The van der Waals surface area contributed by atoms with Gasteiger partial charge in [0, 0.05) is 6.54 Å². The van der Waals surface area contributed by atoms with Gasteiger partial charge in [0.25, 0.3) is 5.91 Å². The highest BCUT2D eigenvalue weighted by molar-refractivity contribution is 6.34. The molecule has 0 aliphatic rings. The third kappa shape index (κ3) is 7.96. The van der Waals surface area contributed by atoms with Crippen molar-refractivity contribution < 1.29 is 24.2 Å². The van der Waals surface area contributed by atoms with E-state index >= 15 is 0 Å². The molecule has 0 spiro atoms. The minimum Gasteiger partial charge on any atom is -0.444 e. The Hall–Kier alpha value is -3.10. The van der Waals surface area contributed by atoms with E-state index in [1.54, 1.807) is 45.0 Å². The molecule has 2 rings (SSSR count). The molecule has 3 N–H and O–H groups in total. The van der Waals surface area contributed by atoms with E-state index < -0.39 is 42.2 Å². The van der Waals surface area contributed by atoms with Crippen molar-refractivity contribution >= 4 is 35.2 Å². The number of carbonyl (C=O) groups is 3. The number of rotatable bonds is 9. The van der Waals surface area contributed by atoms with Gasteiger partial charge in [-0.3, -0.25) is 9.59 Å². The average molecular weight is 518 g/mol. The number of amides is 3. The van der Waals surface area contributed by atoms with Crippen LogP contribution in [0.2, 0.25) is 5.02 Å². The number of para-hydroxylation sites is 1. The standard InChI is InChI=1S/C27H36ClN3O5/c1-7-15-31(25(34)21(16-32)29-26(35)36-27(4,5)6)23(19-13-11-17(2)12-14-19)24(33)30-22-18(3)9-8-10-20(22)28/h8-14,21,23,32H,7,15-16H2,1-6H3,(H,29,35)(H,30,33). The summed E-state index contributed by atoms with van der Waals surface area (Å²) < 4.78 is 5.25. The Balaban J connectivity index is 2.47. The van der Waals surface area contributed by atoms with E-state index in [0.29, 0.717) is 22.7 Å². The van der Waals surface area contributed by atoms with Gasteiger partial charge >= 0.3 is 6.09 Å². The Morgan fingerprint density at radius 1 is 1.08 bits per heavy atom. The lowest BCUT2D eigenvalue weighted by Crippen LogP contribution is -2.54. The Labute approximate surface area is 218 Å². The number of carbonyl (C=O) groups excluding carboxylic acids is 3. The second-order valence-electron chi connectivity index (χ2n) is 9.65. The molecule has 0 radical (unpaired) electrons. The molecule has 0 aliphatic heterocycles. The van der Waals surface area contributed by atoms with Gasteiger partial charge in [0.2, 0.25) is 5.91 Å².